The van der Waals surface area contributed by atoms with Crippen molar-refractivity contribution >= 4 is 11.8 Å². The van der Waals surface area contributed by atoms with Crippen LogP contribution in [0.25, 0.3) is 0 Å². The van der Waals surface area contributed by atoms with Crippen molar-refractivity contribution in [2.45, 2.75) is 9.79 Å². The van der Waals surface area contributed by atoms with Crippen molar-refractivity contribution < 1.29 is 22.0 Å². The average Bonchev–Trinajstić information content (AvgIpc) is 2.33. The standard InChI is InChI=1S/C12H5F5S/c13-6-1-3-9(8(15)5-6)18-10-4-2-7(14)11(16)12(10)17/h1-5H. The van der Waals surface area contributed by atoms with Crippen molar-refractivity contribution in [3.63, 3.8) is 0 Å². The first-order valence-corrected chi connectivity index (χ1v) is 5.57. The van der Waals surface area contributed by atoms with E-state index in [2.05, 4.69) is 0 Å². The number of halogens is 5. The van der Waals surface area contributed by atoms with Crippen LogP contribution in [0.4, 0.5) is 22.0 Å². The molecule has 2 aromatic carbocycles. The zero-order valence-electron chi connectivity index (χ0n) is 8.68. The van der Waals surface area contributed by atoms with Crippen molar-refractivity contribution in [1.29, 1.82) is 0 Å². The van der Waals surface area contributed by atoms with Gasteiger partial charge in [-0.2, -0.15) is 0 Å². The summed E-state index contributed by atoms with van der Waals surface area (Å²) in [6.45, 7) is 0. The molecule has 0 aliphatic rings. The lowest BCUT2D eigenvalue weighted by Gasteiger charge is -2.05. The Hall–Kier alpha value is -1.56. The van der Waals surface area contributed by atoms with Gasteiger partial charge in [-0.15, -0.1) is 0 Å². The Morgan fingerprint density at radius 3 is 2.00 bits per heavy atom. The van der Waals surface area contributed by atoms with E-state index in [0.29, 0.717) is 17.8 Å². The first-order chi connectivity index (χ1) is 8.49. The van der Waals surface area contributed by atoms with Gasteiger partial charge in [0.15, 0.2) is 17.5 Å². The molecule has 0 nitrogen and oxygen atoms in total. The van der Waals surface area contributed by atoms with Gasteiger partial charge in [0.1, 0.15) is 11.6 Å². The molecule has 0 saturated carbocycles. The molecule has 0 spiro atoms. The van der Waals surface area contributed by atoms with Gasteiger partial charge in [-0.25, -0.2) is 22.0 Å². The van der Waals surface area contributed by atoms with Gasteiger partial charge in [0.05, 0.1) is 4.90 Å². The predicted octanol–water partition coefficient (Wildman–Crippen LogP) is 4.53. The summed E-state index contributed by atoms with van der Waals surface area (Å²) in [6.07, 6.45) is 0. The van der Waals surface area contributed by atoms with E-state index in [4.69, 9.17) is 0 Å². The summed E-state index contributed by atoms with van der Waals surface area (Å²) in [5.74, 6) is -6.02. The van der Waals surface area contributed by atoms with Gasteiger partial charge in [0.2, 0.25) is 0 Å². The Kier molecular flexibility index (Phi) is 3.56. The van der Waals surface area contributed by atoms with Crippen molar-refractivity contribution in [3.8, 4) is 0 Å². The van der Waals surface area contributed by atoms with E-state index in [9.17, 15) is 22.0 Å². The molecule has 0 aliphatic heterocycles. The van der Waals surface area contributed by atoms with Gasteiger partial charge in [0.25, 0.3) is 0 Å². The molecular weight excluding hydrogens is 271 g/mol. The monoisotopic (exact) mass is 276 g/mol. The van der Waals surface area contributed by atoms with Crippen LogP contribution in [0.5, 0.6) is 0 Å². The van der Waals surface area contributed by atoms with Gasteiger partial charge in [-0.3, -0.25) is 0 Å². The summed E-state index contributed by atoms with van der Waals surface area (Å²) in [4.78, 5) is -0.360. The fourth-order valence-corrected chi connectivity index (χ4v) is 2.11. The van der Waals surface area contributed by atoms with Crippen LogP contribution in [-0.4, -0.2) is 0 Å². The second kappa shape index (κ2) is 4.97. The summed E-state index contributed by atoms with van der Waals surface area (Å²) < 4.78 is 64.9. The van der Waals surface area contributed by atoms with Crippen LogP contribution in [0.3, 0.4) is 0 Å². The molecule has 2 aromatic rings. The molecule has 0 heterocycles. The lowest BCUT2D eigenvalue weighted by Crippen LogP contribution is -1.93. The Bertz CT molecular complexity index is 597. The van der Waals surface area contributed by atoms with Crippen LogP contribution in [0.2, 0.25) is 0 Å². The molecule has 2 rings (SSSR count). The third kappa shape index (κ3) is 2.48. The maximum absolute atomic E-state index is 13.3. The van der Waals surface area contributed by atoms with Crippen molar-refractivity contribution in [1.82, 2.24) is 0 Å². The topological polar surface area (TPSA) is 0 Å². The molecule has 94 valence electrons. The fraction of sp³-hybridized carbons (Fsp3) is 0. The van der Waals surface area contributed by atoms with Crippen LogP contribution in [0.15, 0.2) is 40.1 Å². The Morgan fingerprint density at radius 1 is 0.667 bits per heavy atom. The van der Waals surface area contributed by atoms with E-state index in [-0.39, 0.29) is 9.79 Å². The predicted molar refractivity (Wildman–Crippen MR) is 56.8 cm³/mol. The minimum atomic E-state index is -1.62. The lowest BCUT2D eigenvalue weighted by molar-refractivity contribution is 0.435. The van der Waals surface area contributed by atoms with Gasteiger partial charge in [0, 0.05) is 11.0 Å². The molecule has 0 unspecified atom stereocenters. The molecule has 0 saturated heterocycles. The van der Waals surface area contributed by atoms with Crippen LogP contribution in [0.1, 0.15) is 0 Å². The maximum atomic E-state index is 13.3. The second-order valence-corrected chi connectivity index (χ2v) is 4.43. The highest BCUT2D eigenvalue weighted by Crippen LogP contribution is 2.33. The van der Waals surface area contributed by atoms with E-state index in [1.54, 1.807) is 0 Å². The minimum absolute atomic E-state index is 0.0821. The van der Waals surface area contributed by atoms with E-state index in [1.807, 2.05) is 0 Å². The first-order valence-electron chi connectivity index (χ1n) is 4.75. The molecule has 6 heteroatoms. The second-order valence-electron chi connectivity index (χ2n) is 3.35. The molecule has 0 fully saturated rings. The molecule has 0 amide bonds. The van der Waals surface area contributed by atoms with Crippen LogP contribution >= 0.6 is 11.8 Å². The zero-order valence-corrected chi connectivity index (χ0v) is 9.50. The Balaban J connectivity index is 2.37. The van der Waals surface area contributed by atoms with Crippen molar-refractivity contribution in [3.05, 3.63) is 59.4 Å². The molecule has 0 bridgehead atoms. The van der Waals surface area contributed by atoms with Crippen LogP contribution < -0.4 is 0 Å². The van der Waals surface area contributed by atoms with E-state index in [0.717, 1.165) is 24.3 Å². The summed E-state index contributed by atoms with van der Waals surface area (Å²) in [6, 6.07) is 4.43. The number of hydrogen-bond acceptors (Lipinski definition) is 1. The summed E-state index contributed by atoms with van der Waals surface area (Å²) >= 11 is 0.549. The highest BCUT2D eigenvalue weighted by molar-refractivity contribution is 7.99. The van der Waals surface area contributed by atoms with Gasteiger partial charge >= 0.3 is 0 Å². The van der Waals surface area contributed by atoms with E-state index < -0.39 is 29.1 Å². The van der Waals surface area contributed by atoms with E-state index >= 15 is 0 Å². The van der Waals surface area contributed by atoms with Crippen LogP contribution in [0, 0.1) is 29.1 Å². The average molecular weight is 276 g/mol. The van der Waals surface area contributed by atoms with Gasteiger partial charge in [-0.05, 0) is 24.3 Å². The Labute approximate surface area is 103 Å². The number of rotatable bonds is 2. The van der Waals surface area contributed by atoms with Gasteiger partial charge in [-0.1, -0.05) is 11.8 Å². The van der Waals surface area contributed by atoms with Crippen molar-refractivity contribution in [2.75, 3.05) is 0 Å². The molecule has 0 aliphatic carbocycles. The first kappa shape index (κ1) is 12.9. The minimum Gasteiger partial charge on any atom is -0.207 e. The summed E-state index contributed by atoms with van der Waals surface area (Å²) in [5.41, 5.74) is 0. The highest BCUT2D eigenvalue weighted by Gasteiger charge is 2.15. The van der Waals surface area contributed by atoms with E-state index in [1.165, 1.54) is 0 Å². The molecule has 0 N–H and O–H groups in total. The molecule has 0 atom stereocenters. The smallest absolute Gasteiger partial charge is 0.195 e. The molecule has 0 radical (unpaired) electrons. The quantitative estimate of drug-likeness (QED) is 0.573. The third-order valence-electron chi connectivity index (χ3n) is 2.11. The molecule has 0 aromatic heterocycles. The lowest BCUT2D eigenvalue weighted by atomic mass is 10.3. The number of hydrogen-bond donors (Lipinski definition) is 0. The maximum Gasteiger partial charge on any atom is 0.195 e. The SMILES string of the molecule is Fc1ccc(Sc2ccc(F)c(F)c2F)c(F)c1. The third-order valence-corrected chi connectivity index (χ3v) is 3.20. The van der Waals surface area contributed by atoms with Crippen LogP contribution in [-0.2, 0) is 0 Å². The van der Waals surface area contributed by atoms with Gasteiger partial charge < -0.3 is 0 Å². The zero-order chi connectivity index (χ0) is 13.3. The fourth-order valence-electron chi connectivity index (χ4n) is 1.26. The molecule has 18 heavy (non-hydrogen) atoms. The summed E-state index contributed by atoms with van der Waals surface area (Å²) in [5, 5.41) is 0. The normalized spacial score (nSPS) is 10.7. The highest BCUT2D eigenvalue weighted by atomic mass is 32.2. The largest absolute Gasteiger partial charge is 0.207 e. The summed E-state index contributed by atoms with van der Waals surface area (Å²) in [7, 11) is 0. The molecular formula is C12H5F5S. The van der Waals surface area contributed by atoms with Crippen molar-refractivity contribution in [2.24, 2.45) is 0 Å². The Morgan fingerprint density at radius 2 is 1.33 bits per heavy atom. The number of benzene rings is 2.